The van der Waals surface area contributed by atoms with Crippen molar-refractivity contribution in [1.82, 2.24) is 5.32 Å². The fraction of sp³-hybridized carbons (Fsp3) is 0.647. The van der Waals surface area contributed by atoms with Crippen LogP contribution in [-0.4, -0.2) is 32.5 Å². The minimum absolute atomic E-state index is 0.0549. The van der Waals surface area contributed by atoms with Gasteiger partial charge in [0.15, 0.2) is 11.5 Å². The third-order valence-electron chi connectivity index (χ3n) is 2.90. The molecule has 0 bridgehead atoms. The largest absolute Gasteiger partial charge is 0.490 e. The second-order valence-electron chi connectivity index (χ2n) is 5.23. The van der Waals surface area contributed by atoms with Gasteiger partial charge in [0.05, 0.1) is 17.7 Å². The fourth-order valence-electron chi connectivity index (χ4n) is 2.01. The van der Waals surface area contributed by atoms with E-state index < -0.39 is 0 Å². The topological polar surface area (TPSA) is 39.7 Å². The molecule has 0 atom stereocenters. The van der Waals surface area contributed by atoms with Crippen molar-refractivity contribution in [3.63, 3.8) is 0 Å². The Kier molecular flexibility index (Phi) is 9.28. The van der Waals surface area contributed by atoms with Crippen LogP contribution >= 0.6 is 11.6 Å². The zero-order valence-electron chi connectivity index (χ0n) is 14.1. The van der Waals surface area contributed by atoms with E-state index >= 15 is 0 Å². The zero-order chi connectivity index (χ0) is 16.4. The zero-order valence-corrected chi connectivity index (χ0v) is 14.8. The van der Waals surface area contributed by atoms with Crippen molar-refractivity contribution in [3.05, 3.63) is 22.7 Å². The number of hydrogen-bond donors (Lipinski definition) is 1. The number of ether oxygens (including phenoxy) is 3. The third kappa shape index (κ3) is 6.86. The standard InChI is InChI=1S/C17H28ClNO3/c1-5-20-9-7-8-19-12-14-10-15(18)17(22-13(3)4)16(11-14)21-6-2/h10-11,13,19H,5-9,12H2,1-4H3. The van der Waals surface area contributed by atoms with Crippen LogP contribution in [0.15, 0.2) is 12.1 Å². The third-order valence-corrected chi connectivity index (χ3v) is 3.18. The summed E-state index contributed by atoms with van der Waals surface area (Å²) in [7, 11) is 0. The lowest BCUT2D eigenvalue weighted by molar-refractivity contribution is 0.144. The average molecular weight is 330 g/mol. The van der Waals surface area contributed by atoms with E-state index in [2.05, 4.69) is 5.32 Å². The van der Waals surface area contributed by atoms with Crippen LogP contribution in [0, 0.1) is 0 Å². The van der Waals surface area contributed by atoms with E-state index in [4.69, 9.17) is 25.8 Å². The molecule has 0 unspecified atom stereocenters. The molecule has 0 aliphatic rings. The van der Waals surface area contributed by atoms with Crippen LogP contribution < -0.4 is 14.8 Å². The molecule has 0 heterocycles. The molecule has 0 fully saturated rings. The normalized spacial score (nSPS) is 11.0. The minimum Gasteiger partial charge on any atom is -0.490 e. The van der Waals surface area contributed by atoms with E-state index in [1.165, 1.54) is 0 Å². The molecule has 0 aromatic heterocycles. The van der Waals surface area contributed by atoms with E-state index in [1.807, 2.05) is 39.8 Å². The summed E-state index contributed by atoms with van der Waals surface area (Å²) in [6, 6.07) is 3.92. The Bertz CT molecular complexity index is 438. The van der Waals surface area contributed by atoms with Crippen LogP contribution in [0.4, 0.5) is 0 Å². The van der Waals surface area contributed by atoms with E-state index in [9.17, 15) is 0 Å². The number of hydrogen-bond acceptors (Lipinski definition) is 4. The first-order valence-electron chi connectivity index (χ1n) is 7.98. The summed E-state index contributed by atoms with van der Waals surface area (Å²) in [4.78, 5) is 0. The predicted octanol–water partition coefficient (Wildman–Crippen LogP) is 4.04. The first kappa shape index (κ1) is 19.1. The molecule has 22 heavy (non-hydrogen) atoms. The van der Waals surface area contributed by atoms with E-state index in [0.29, 0.717) is 23.1 Å². The van der Waals surface area contributed by atoms with Crippen LogP contribution in [0.25, 0.3) is 0 Å². The lowest BCUT2D eigenvalue weighted by atomic mass is 10.2. The van der Waals surface area contributed by atoms with Crippen molar-refractivity contribution in [2.75, 3.05) is 26.4 Å². The van der Waals surface area contributed by atoms with Gasteiger partial charge in [-0.3, -0.25) is 0 Å². The van der Waals surface area contributed by atoms with Gasteiger partial charge >= 0.3 is 0 Å². The van der Waals surface area contributed by atoms with Gasteiger partial charge in [-0.05, 0) is 58.4 Å². The Hall–Kier alpha value is -0.970. The summed E-state index contributed by atoms with van der Waals surface area (Å²) in [5, 5.41) is 3.97. The molecule has 0 aliphatic heterocycles. The summed E-state index contributed by atoms with van der Waals surface area (Å²) in [6.45, 7) is 11.7. The van der Waals surface area contributed by atoms with Gasteiger partial charge < -0.3 is 19.5 Å². The molecule has 1 aromatic rings. The van der Waals surface area contributed by atoms with Crippen LogP contribution in [0.2, 0.25) is 5.02 Å². The Balaban J connectivity index is 2.64. The first-order valence-corrected chi connectivity index (χ1v) is 8.36. The Morgan fingerprint density at radius 2 is 1.95 bits per heavy atom. The van der Waals surface area contributed by atoms with Gasteiger partial charge in [-0.2, -0.15) is 0 Å². The highest BCUT2D eigenvalue weighted by Crippen LogP contribution is 2.37. The van der Waals surface area contributed by atoms with Crippen LogP contribution in [-0.2, 0) is 11.3 Å². The van der Waals surface area contributed by atoms with Gasteiger partial charge in [-0.1, -0.05) is 11.6 Å². The summed E-state index contributed by atoms with van der Waals surface area (Å²) >= 11 is 6.34. The summed E-state index contributed by atoms with van der Waals surface area (Å²) in [5.41, 5.74) is 1.08. The van der Waals surface area contributed by atoms with Crippen molar-refractivity contribution in [2.24, 2.45) is 0 Å². The second-order valence-corrected chi connectivity index (χ2v) is 5.64. The monoisotopic (exact) mass is 329 g/mol. The lowest BCUT2D eigenvalue weighted by Crippen LogP contribution is -2.16. The molecule has 1 aromatic carbocycles. The maximum Gasteiger partial charge on any atom is 0.180 e. The smallest absolute Gasteiger partial charge is 0.180 e. The van der Waals surface area contributed by atoms with Crippen molar-refractivity contribution < 1.29 is 14.2 Å². The van der Waals surface area contributed by atoms with Crippen molar-refractivity contribution in [3.8, 4) is 11.5 Å². The molecule has 0 saturated carbocycles. The number of halogens is 1. The maximum absolute atomic E-state index is 6.34. The molecule has 1 rings (SSSR count). The Labute approximate surface area is 139 Å². The van der Waals surface area contributed by atoms with Crippen molar-refractivity contribution in [2.45, 2.75) is 46.8 Å². The van der Waals surface area contributed by atoms with Crippen LogP contribution in [0.5, 0.6) is 11.5 Å². The minimum atomic E-state index is 0.0549. The summed E-state index contributed by atoms with van der Waals surface area (Å²) < 4.78 is 16.7. The highest BCUT2D eigenvalue weighted by molar-refractivity contribution is 6.32. The molecule has 5 heteroatoms. The van der Waals surface area contributed by atoms with Gasteiger partial charge in [0.25, 0.3) is 0 Å². The van der Waals surface area contributed by atoms with Gasteiger partial charge in [-0.15, -0.1) is 0 Å². The van der Waals surface area contributed by atoms with Gasteiger partial charge in [0.1, 0.15) is 0 Å². The molecule has 1 N–H and O–H groups in total. The van der Waals surface area contributed by atoms with Gasteiger partial charge in [0, 0.05) is 19.8 Å². The summed E-state index contributed by atoms with van der Waals surface area (Å²) in [6.07, 6.45) is 1.05. The maximum atomic E-state index is 6.34. The van der Waals surface area contributed by atoms with E-state index in [1.54, 1.807) is 0 Å². The van der Waals surface area contributed by atoms with Gasteiger partial charge in [0.2, 0.25) is 0 Å². The fourth-order valence-corrected chi connectivity index (χ4v) is 2.29. The molecule has 4 nitrogen and oxygen atoms in total. The highest BCUT2D eigenvalue weighted by atomic mass is 35.5. The Morgan fingerprint density at radius 1 is 1.18 bits per heavy atom. The quantitative estimate of drug-likeness (QED) is 0.622. The molecule has 0 radical (unpaired) electrons. The SMILES string of the molecule is CCOCCCNCc1cc(Cl)c(OC(C)C)c(OCC)c1. The average Bonchev–Trinajstić information content (AvgIpc) is 2.46. The molecule has 0 spiro atoms. The van der Waals surface area contributed by atoms with Gasteiger partial charge in [-0.25, -0.2) is 0 Å². The molecule has 126 valence electrons. The number of nitrogens with one attached hydrogen (secondary N) is 1. The highest BCUT2D eigenvalue weighted by Gasteiger charge is 2.13. The summed E-state index contributed by atoms with van der Waals surface area (Å²) in [5.74, 6) is 1.33. The van der Waals surface area contributed by atoms with Crippen molar-refractivity contribution >= 4 is 11.6 Å². The molecular weight excluding hydrogens is 302 g/mol. The molecule has 0 amide bonds. The van der Waals surface area contributed by atoms with Crippen LogP contribution in [0.3, 0.4) is 0 Å². The molecule has 0 aliphatic carbocycles. The number of rotatable bonds is 11. The Morgan fingerprint density at radius 3 is 2.59 bits per heavy atom. The first-order chi connectivity index (χ1) is 10.6. The van der Waals surface area contributed by atoms with Crippen molar-refractivity contribution in [1.29, 1.82) is 0 Å². The molecule has 0 saturated heterocycles. The van der Waals surface area contributed by atoms with E-state index in [0.717, 1.165) is 38.3 Å². The number of benzene rings is 1. The lowest BCUT2D eigenvalue weighted by Gasteiger charge is -2.17. The predicted molar refractivity (Wildman–Crippen MR) is 91.2 cm³/mol. The molecular formula is C17H28ClNO3. The van der Waals surface area contributed by atoms with Crippen LogP contribution in [0.1, 0.15) is 39.7 Å². The second kappa shape index (κ2) is 10.7. The van der Waals surface area contributed by atoms with E-state index in [-0.39, 0.29) is 6.10 Å².